The van der Waals surface area contributed by atoms with Gasteiger partial charge in [0.05, 0.1) is 11.4 Å². The van der Waals surface area contributed by atoms with Crippen LogP contribution >= 0.6 is 22.7 Å². The first-order chi connectivity index (χ1) is 22.2. The molecule has 0 amide bonds. The zero-order chi connectivity index (χ0) is 29.5. The number of hydrogen-bond donors (Lipinski definition) is 0. The predicted molar refractivity (Wildman–Crippen MR) is 191 cm³/mol. The highest BCUT2D eigenvalue weighted by molar-refractivity contribution is 7.26. The van der Waals surface area contributed by atoms with E-state index in [1.807, 2.05) is 34.8 Å². The van der Waals surface area contributed by atoms with E-state index in [2.05, 4.69) is 121 Å². The van der Waals surface area contributed by atoms with Gasteiger partial charge in [-0.1, -0.05) is 66.7 Å². The highest BCUT2D eigenvalue weighted by Crippen LogP contribution is 2.39. The molecule has 0 unspecified atom stereocenters. The van der Waals surface area contributed by atoms with E-state index in [1.165, 1.54) is 40.3 Å². The molecule has 0 radical (unpaired) electrons. The van der Waals surface area contributed by atoms with Gasteiger partial charge < -0.3 is 4.42 Å². The van der Waals surface area contributed by atoms with Crippen molar-refractivity contribution >= 4 is 85.0 Å². The molecule has 0 fully saturated rings. The third-order valence-corrected chi connectivity index (χ3v) is 11.0. The molecule has 4 heterocycles. The molecule has 0 spiro atoms. The Morgan fingerprint density at radius 2 is 0.889 bits per heavy atom. The number of aromatic nitrogens is 2. The van der Waals surface area contributed by atoms with Crippen LogP contribution < -0.4 is 0 Å². The average molecular weight is 611 g/mol. The maximum atomic E-state index is 6.26. The van der Waals surface area contributed by atoms with E-state index in [0.29, 0.717) is 5.82 Å². The van der Waals surface area contributed by atoms with Crippen molar-refractivity contribution in [2.45, 2.75) is 0 Å². The Bertz CT molecular complexity index is 2650. The highest BCUT2D eigenvalue weighted by atomic mass is 32.1. The Labute approximate surface area is 265 Å². The lowest BCUT2D eigenvalue weighted by Crippen LogP contribution is -1.96. The van der Waals surface area contributed by atoms with Crippen LogP contribution in [0, 0.1) is 0 Å². The number of hydrogen-bond acceptors (Lipinski definition) is 5. The molecule has 0 atom stereocenters. The lowest BCUT2D eigenvalue weighted by Gasteiger charge is -2.10. The second-order valence-electron chi connectivity index (χ2n) is 11.4. The van der Waals surface area contributed by atoms with Crippen LogP contribution in [0.15, 0.2) is 138 Å². The zero-order valence-electron chi connectivity index (χ0n) is 23.8. The Balaban J connectivity index is 1.20. The van der Waals surface area contributed by atoms with Gasteiger partial charge in [0.15, 0.2) is 5.82 Å². The smallest absolute Gasteiger partial charge is 0.160 e. The summed E-state index contributed by atoms with van der Waals surface area (Å²) in [5.74, 6) is 0.708. The number of benzene rings is 6. The van der Waals surface area contributed by atoms with Crippen LogP contribution in [0.2, 0.25) is 0 Å². The lowest BCUT2D eigenvalue weighted by molar-refractivity contribution is 0.669. The van der Waals surface area contributed by atoms with Gasteiger partial charge in [-0.3, -0.25) is 0 Å². The minimum absolute atomic E-state index is 0.708. The SMILES string of the molecule is c1ccc2c(c1)oc1cc(-c3cc(-c4ccc5sc6ccccc6c5c4)nc(-c4ccc5sc6ccccc6c5c4)n3)ccc12. The maximum Gasteiger partial charge on any atom is 0.160 e. The normalized spacial score (nSPS) is 12.0. The Hall–Kier alpha value is -5.36. The van der Waals surface area contributed by atoms with Gasteiger partial charge >= 0.3 is 0 Å². The average Bonchev–Trinajstić information content (AvgIpc) is 3.78. The molecule has 0 saturated heterocycles. The first-order valence-corrected chi connectivity index (χ1v) is 16.5. The molecule has 5 heteroatoms. The maximum absolute atomic E-state index is 6.26. The molecule has 0 aliphatic rings. The van der Waals surface area contributed by atoms with E-state index in [1.54, 1.807) is 0 Å². The fourth-order valence-corrected chi connectivity index (χ4v) is 8.68. The molecule has 0 aliphatic carbocycles. The second-order valence-corrected chi connectivity index (χ2v) is 13.6. The Morgan fingerprint density at radius 3 is 1.60 bits per heavy atom. The summed E-state index contributed by atoms with van der Waals surface area (Å²) in [5, 5.41) is 7.26. The quantitative estimate of drug-likeness (QED) is 0.200. The molecule has 3 nitrogen and oxygen atoms in total. The molecule has 4 aromatic heterocycles. The zero-order valence-corrected chi connectivity index (χ0v) is 25.5. The van der Waals surface area contributed by atoms with Crippen molar-refractivity contribution in [3.63, 3.8) is 0 Å². The molecule has 10 rings (SSSR count). The van der Waals surface area contributed by atoms with Gasteiger partial charge in [-0.2, -0.15) is 0 Å². The van der Waals surface area contributed by atoms with Crippen molar-refractivity contribution in [3.8, 4) is 33.9 Å². The van der Waals surface area contributed by atoms with Gasteiger partial charge in [0.25, 0.3) is 0 Å². The third kappa shape index (κ3) is 3.95. The summed E-state index contributed by atoms with van der Waals surface area (Å²) >= 11 is 3.65. The third-order valence-electron chi connectivity index (χ3n) is 8.71. The summed E-state index contributed by atoms with van der Waals surface area (Å²) < 4.78 is 11.4. The monoisotopic (exact) mass is 610 g/mol. The van der Waals surface area contributed by atoms with Crippen LogP contribution in [0.3, 0.4) is 0 Å². The van der Waals surface area contributed by atoms with E-state index < -0.39 is 0 Å². The molecule has 0 N–H and O–H groups in total. The summed E-state index contributed by atoms with van der Waals surface area (Å²) in [6.45, 7) is 0. The summed E-state index contributed by atoms with van der Waals surface area (Å²) in [4.78, 5) is 10.4. The summed E-state index contributed by atoms with van der Waals surface area (Å²) in [7, 11) is 0. The minimum Gasteiger partial charge on any atom is -0.456 e. The van der Waals surface area contributed by atoms with Gasteiger partial charge in [-0.05, 0) is 66.7 Å². The van der Waals surface area contributed by atoms with Crippen molar-refractivity contribution in [1.29, 1.82) is 0 Å². The van der Waals surface area contributed by atoms with Crippen molar-refractivity contribution in [2.24, 2.45) is 0 Å². The molecule has 0 bridgehead atoms. The number of rotatable bonds is 3. The number of nitrogens with zero attached hydrogens (tertiary/aromatic N) is 2. The number of furan rings is 1. The number of para-hydroxylation sites is 1. The van der Waals surface area contributed by atoms with Gasteiger partial charge in [0.2, 0.25) is 0 Å². The van der Waals surface area contributed by atoms with Crippen LogP contribution in [0.4, 0.5) is 0 Å². The van der Waals surface area contributed by atoms with Gasteiger partial charge in [0.1, 0.15) is 11.2 Å². The first kappa shape index (κ1) is 25.0. The minimum atomic E-state index is 0.708. The van der Waals surface area contributed by atoms with Crippen LogP contribution in [0.5, 0.6) is 0 Å². The Kier molecular flexibility index (Phi) is 5.32. The largest absolute Gasteiger partial charge is 0.456 e. The fraction of sp³-hybridized carbons (Fsp3) is 0. The van der Waals surface area contributed by atoms with E-state index in [0.717, 1.165) is 50.0 Å². The van der Waals surface area contributed by atoms with Crippen molar-refractivity contribution < 1.29 is 4.42 Å². The number of thiophene rings is 2. The van der Waals surface area contributed by atoms with Crippen molar-refractivity contribution in [2.75, 3.05) is 0 Å². The molecule has 0 saturated carbocycles. The molecule has 45 heavy (non-hydrogen) atoms. The van der Waals surface area contributed by atoms with E-state index in [-0.39, 0.29) is 0 Å². The van der Waals surface area contributed by atoms with E-state index in [4.69, 9.17) is 14.4 Å². The highest BCUT2D eigenvalue weighted by Gasteiger charge is 2.16. The van der Waals surface area contributed by atoms with Crippen molar-refractivity contribution in [3.05, 3.63) is 133 Å². The van der Waals surface area contributed by atoms with Gasteiger partial charge in [0, 0.05) is 67.8 Å². The van der Waals surface area contributed by atoms with E-state index in [9.17, 15) is 0 Å². The van der Waals surface area contributed by atoms with E-state index >= 15 is 0 Å². The first-order valence-electron chi connectivity index (χ1n) is 14.9. The van der Waals surface area contributed by atoms with Crippen LogP contribution in [0.1, 0.15) is 0 Å². The molecular formula is C40H22N2OS2. The topological polar surface area (TPSA) is 38.9 Å². The van der Waals surface area contributed by atoms with Crippen LogP contribution in [-0.4, -0.2) is 9.97 Å². The molecule has 210 valence electrons. The standard InChI is InChI=1S/C40H22N2OS2/c1-4-10-34-26(7-1)27-16-13-24(21-35(27)43-34)33-22-32(23-14-17-38-30(19-23)28-8-2-5-11-36(28)44-38)41-40(42-33)25-15-18-39-31(20-25)29-9-3-6-12-37(29)45-39/h1-22H. The van der Waals surface area contributed by atoms with Crippen molar-refractivity contribution in [1.82, 2.24) is 9.97 Å². The molecule has 10 aromatic rings. The predicted octanol–water partition coefficient (Wildman–Crippen LogP) is 12.1. The van der Waals surface area contributed by atoms with Gasteiger partial charge in [-0.15, -0.1) is 22.7 Å². The van der Waals surface area contributed by atoms with Crippen LogP contribution in [-0.2, 0) is 0 Å². The summed E-state index contributed by atoms with van der Waals surface area (Å²) in [5.41, 5.74) is 6.57. The second kappa shape index (κ2) is 9.57. The Morgan fingerprint density at radius 1 is 0.378 bits per heavy atom. The lowest BCUT2D eigenvalue weighted by atomic mass is 10.0. The summed E-state index contributed by atoms with van der Waals surface area (Å²) in [6.07, 6.45) is 0. The van der Waals surface area contributed by atoms with Crippen LogP contribution in [0.25, 0.3) is 96.2 Å². The molecule has 6 aromatic carbocycles. The summed E-state index contributed by atoms with van der Waals surface area (Å²) in [6, 6.07) is 47.2. The molecule has 0 aliphatic heterocycles. The van der Waals surface area contributed by atoms with Gasteiger partial charge in [-0.25, -0.2) is 9.97 Å². The fourth-order valence-electron chi connectivity index (χ4n) is 6.51. The number of fused-ring (bicyclic) bond motifs is 9. The molecular weight excluding hydrogens is 589 g/mol.